The third kappa shape index (κ3) is 4.49. The Hall–Kier alpha value is -3.26. The number of imidazole rings is 1. The summed E-state index contributed by atoms with van der Waals surface area (Å²) in [4.78, 5) is 16.7. The molecule has 0 spiro atoms. The van der Waals surface area contributed by atoms with Crippen molar-refractivity contribution in [1.82, 2.24) is 14.9 Å². The lowest BCUT2D eigenvalue weighted by Crippen LogP contribution is -2.29. The van der Waals surface area contributed by atoms with Crippen molar-refractivity contribution in [3.63, 3.8) is 0 Å². The van der Waals surface area contributed by atoms with Gasteiger partial charge in [0, 0.05) is 17.2 Å². The van der Waals surface area contributed by atoms with E-state index in [1.165, 1.54) is 12.4 Å². The first kappa shape index (κ1) is 20.0. The highest BCUT2D eigenvalue weighted by Crippen LogP contribution is 2.33. The maximum absolute atomic E-state index is 13.8. The highest BCUT2D eigenvalue weighted by Gasteiger charge is 2.24. The smallest absolute Gasteiger partial charge is 0.240 e. The van der Waals surface area contributed by atoms with Crippen molar-refractivity contribution in [2.45, 2.75) is 25.4 Å². The monoisotopic (exact) mass is 413 g/mol. The van der Waals surface area contributed by atoms with E-state index in [4.69, 9.17) is 9.84 Å². The van der Waals surface area contributed by atoms with Crippen LogP contribution in [0.1, 0.15) is 12.8 Å². The number of hydrogen-bond acceptors (Lipinski definition) is 4. The van der Waals surface area contributed by atoms with E-state index in [-0.39, 0.29) is 31.7 Å². The molecule has 30 heavy (non-hydrogen) atoms. The SMILES string of the molecule is O=C(Cn1cnc(-c2ccc(F)c(F)c2)c1-c1ccc(OCCO)cc1)NC1CC1. The number of carbonyl (C=O) groups excluding carboxylic acids is 1. The predicted molar refractivity (Wildman–Crippen MR) is 107 cm³/mol. The van der Waals surface area contributed by atoms with Gasteiger partial charge in [0.2, 0.25) is 5.91 Å². The molecule has 0 radical (unpaired) electrons. The van der Waals surface area contributed by atoms with Crippen molar-refractivity contribution in [2.75, 3.05) is 13.2 Å². The molecule has 1 fully saturated rings. The number of halogens is 2. The van der Waals surface area contributed by atoms with Gasteiger partial charge in [-0.05, 0) is 55.3 Å². The fraction of sp³-hybridized carbons (Fsp3) is 0.273. The summed E-state index contributed by atoms with van der Waals surface area (Å²) in [5.41, 5.74) is 2.20. The Morgan fingerprint density at radius 3 is 2.53 bits per heavy atom. The summed E-state index contributed by atoms with van der Waals surface area (Å²) in [6.45, 7) is 0.148. The molecule has 1 aliphatic rings. The minimum atomic E-state index is -0.966. The number of ether oxygens (including phenoxy) is 1. The molecule has 0 atom stereocenters. The van der Waals surface area contributed by atoms with E-state index >= 15 is 0 Å². The van der Waals surface area contributed by atoms with Crippen molar-refractivity contribution in [1.29, 1.82) is 0 Å². The maximum Gasteiger partial charge on any atom is 0.240 e. The summed E-state index contributed by atoms with van der Waals surface area (Å²) in [7, 11) is 0. The van der Waals surface area contributed by atoms with Crippen molar-refractivity contribution >= 4 is 5.91 Å². The molecule has 156 valence electrons. The molecular formula is C22H21F2N3O3. The van der Waals surface area contributed by atoms with Crippen LogP contribution < -0.4 is 10.1 Å². The number of aliphatic hydroxyl groups excluding tert-OH is 1. The zero-order valence-electron chi connectivity index (χ0n) is 16.1. The number of aromatic nitrogens is 2. The predicted octanol–water partition coefficient (Wildman–Crippen LogP) is 3.15. The molecule has 1 saturated carbocycles. The molecule has 1 amide bonds. The van der Waals surface area contributed by atoms with E-state index < -0.39 is 11.6 Å². The van der Waals surface area contributed by atoms with E-state index in [9.17, 15) is 13.6 Å². The fourth-order valence-corrected chi connectivity index (χ4v) is 3.19. The van der Waals surface area contributed by atoms with Crippen LogP contribution in [0.15, 0.2) is 48.8 Å². The van der Waals surface area contributed by atoms with Gasteiger partial charge >= 0.3 is 0 Å². The lowest BCUT2D eigenvalue weighted by atomic mass is 10.0. The quantitative estimate of drug-likeness (QED) is 0.595. The Morgan fingerprint density at radius 1 is 1.13 bits per heavy atom. The molecule has 2 N–H and O–H groups in total. The van der Waals surface area contributed by atoms with Crippen LogP contribution in [0.5, 0.6) is 5.75 Å². The van der Waals surface area contributed by atoms with Crippen molar-refractivity contribution < 1.29 is 23.4 Å². The van der Waals surface area contributed by atoms with Gasteiger partial charge in [-0.25, -0.2) is 13.8 Å². The lowest BCUT2D eigenvalue weighted by molar-refractivity contribution is -0.121. The minimum Gasteiger partial charge on any atom is -0.491 e. The van der Waals surface area contributed by atoms with Crippen LogP contribution in [-0.4, -0.2) is 39.8 Å². The highest BCUT2D eigenvalue weighted by atomic mass is 19.2. The molecule has 2 aromatic carbocycles. The topological polar surface area (TPSA) is 76.4 Å². The fourth-order valence-electron chi connectivity index (χ4n) is 3.19. The molecule has 0 aliphatic heterocycles. The van der Waals surface area contributed by atoms with Gasteiger partial charge in [-0.1, -0.05) is 0 Å². The van der Waals surface area contributed by atoms with E-state index in [0.29, 0.717) is 22.7 Å². The molecule has 0 bridgehead atoms. The minimum absolute atomic E-state index is 0.0608. The number of hydrogen-bond donors (Lipinski definition) is 2. The third-order valence-corrected chi connectivity index (χ3v) is 4.77. The van der Waals surface area contributed by atoms with Crippen LogP contribution in [-0.2, 0) is 11.3 Å². The molecule has 0 unspecified atom stereocenters. The first-order chi connectivity index (χ1) is 14.5. The number of benzene rings is 2. The van der Waals surface area contributed by atoms with Gasteiger partial charge in [0.25, 0.3) is 0 Å². The van der Waals surface area contributed by atoms with Gasteiger partial charge < -0.3 is 19.7 Å². The van der Waals surface area contributed by atoms with Crippen LogP contribution in [0.4, 0.5) is 8.78 Å². The average Bonchev–Trinajstić information content (AvgIpc) is 3.46. The molecule has 0 saturated heterocycles. The Labute approximate surface area is 172 Å². The summed E-state index contributed by atoms with van der Waals surface area (Å²) in [6.07, 6.45) is 3.49. The van der Waals surface area contributed by atoms with Gasteiger partial charge in [0.15, 0.2) is 11.6 Å². The summed E-state index contributed by atoms with van der Waals surface area (Å²) < 4.78 is 34.3. The number of nitrogens with one attached hydrogen (secondary N) is 1. The second-order valence-corrected chi connectivity index (χ2v) is 7.14. The van der Waals surface area contributed by atoms with Crippen LogP contribution in [0, 0.1) is 11.6 Å². The van der Waals surface area contributed by atoms with E-state index in [1.807, 2.05) is 0 Å². The van der Waals surface area contributed by atoms with Crippen LogP contribution >= 0.6 is 0 Å². The van der Waals surface area contributed by atoms with Crippen molar-refractivity contribution in [3.8, 4) is 28.3 Å². The number of aliphatic hydroxyl groups is 1. The van der Waals surface area contributed by atoms with E-state index in [2.05, 4.69) is 10.3 Å². The summed E-state index contributed by atoms with van der Waals surface area (Å²) >= 11 is 0. The maximum atomic E-state index is 13.8. The molecule has 1 heterocycles. The Morgan fingerprint density at radius 2 is 1.87 bits per heavy atom. The molecule has 4 rings (SSSR count). The van der Waals surface area contributed by atoms with Crippen LogP contribution in [0.2, 0.25) is 0 Å². The van der Waals surface area contributed by atoms with Gasteiger partial charge in [-0.2, -0.15) is 0 Å². The zero-order chi connectivity index (χ0) is 21.1. The Bertz CT molecular complexity index is 1050. The average molecular weight is 413 g/mol. The zero-order valence-corrected chi connectivity index (χ0v) is 16.1. The van der Waals surface area contributed by atoms with Crippen molar-refractivity contribution in [2.24, 2.45) is 0 Å². The molecule has 1 aliphatic carbocycles. The second kappa shape index (κ2) is 8.62. The summed E-state index contributed by atoms with van der Waals surface area (Å²) in [6, 6.07) is 10.9. The Balaban J connectivity index is 1.71. The normalized spacial score (nSPS) is 13.3. The van der Waals surface area contributed by atoms with Crippen molar-refractivity contribution in [3.05, 3.63) is 60.4 Å². The van der Waals surface area contributed by atoms with Crippen LogP contribution in [0.3, 0.4) is 0 Å². The molecule has 1 aromatic heterocycles. The number of amides is 1. The number of carbonyl (C=O) groups is 1. The molecular weight excluding hydrogens is 392 g/mol. The molecule has 6 nitrogen and oxygen atoms in total. The summed E-state index contributed by atoms with van der Waals surface area (Å²) in [5.74, 6) is -1.45. The van der Waals surface area contributed by atoms with Gasteiger partial charge in [-0.3, -0.25) is 4.79 Å². The largest absolute Gasteiger partial charge is 0.491 e. The highest BCUT2D eigenvalue weighted by molar-refractivity contribution is 5.82. The standard InChI is InChI=1S/C22H21F2N3O3/c23-18-8-3-15(11-19(18)24)21-22(14-1-6-17(7-2-14)30-10-9-28)27(13-25-21)12-20(29)26-16-4-5-16/h1-3,6-8,11,13,16,28H,4-5,9-10,12H2,(H,26,29). The second-order valence-electron chi connectivity index (χ2n) is 7.14. The van der Waals surface area contributed by atoms with Crippen LogP contribution in [0.25, 0.3) is 22.5 Å². The van der Waals surface area contributed by atoms with Gasteiger partial charge in [-0.15, -0.1) is 0 Å². The van der Waals surface area contributed by atoms with Gasteiger partial charge in [0.05, 0.1) is 24.3 Å². The molecule has 8 heteroatoms. The lowest BCUT2D eigenvalue weighted by Gasteiger charge is -2.12. The number of rotatable bonds is 8. The first-order valence-corrected chi connectivity index (χ1v) is 9.69. The number of nitrogens with zero attached hydrogens (tertiary/aromatic N) is 2. The molecule has 3 aromatic rings. The first-order valence-electron chi connectivity index (χ1n) is 9.69. The Kier molecular flexibility index (Phi) is 5.76. The van der Waals surface area contributed by atoms with E-state index in [1.54, 1.807) is 28.8 Å². The third-order valence-electron chi connectivity index (χ3n) is 4.77. The van der Waals surface area contributed by atoms with E-state index in [0.717, 1.165) is 30.5 Å². The van der Waals surface area contributed by atoms with Gasteiger partial charge in [0.1, 0.15) is 18.9 Å². The summed E-state index contributed by atoms with van der Waals surface area (Å²) in [5, 5.41) is 11.8.